The molecule has 0 saturated heterocycles. The van der Waals surface area contributed by atoms with Crippen molar-refractivity contribution in [2.45, 2.75) is 66.2 Å². The van der Waals surface area contributed by atoms with Gasteiger partial charge >= 0.3 is 124 Å². The molecule has 0 fully saturated rings. The molecule has 0 saturated carbocycles. The standard InChI is InChI=1S/C33H33.C15H14.C5H5.2ClH.Zr/c1-32(2,3)30-20-26-24(18-28(30)22-13-9-7-10-14-22)17-25-19-29(23-15-11-8-12-16-23)31(21-27(25)26)33(4,5)6;1-12-3-7-14(8-4-12)11-15-9-5-13(2)6-10-15;1-2-4-5-3-1;;;/h7-21H,1-6H3;3-10H,1-2H3;1-5H;2*1H;/q-1;;-1;;;+2/p-2. The van der Waals surface area contributed by atoms with E-state index in [1.807, 2.05) is 30.3 Å². The van der Waals surface area contributed by atoms with Crippen molar-refractivity contribution in [3.8, 4) is 22.3 Å². The first-order valence-corrected chi connectivity index (χ1v) is 27.0. The Hall–Kier alpha value is -4.13. The van der Waals surface area contributed by atoms with E-state index in [2.05, 4.69) is 195 Å². The van der Waals surface area contributed by atoms with Gasteiger partial charge in [-0.2, -0.15) is 18.2 Å². The zero-order valence-corrected chi connectivity index (χ0v) is 37.9. The molecule has 0 aliphatic heterocycles. The molecule has 0 spiro atoms. The Bertz CT molecular complexity index is 2340. The van der Waals surface area contributed by atoms with Gasteiger partial charge in [0.2, 0.25) is 0 Å². The summed E-state index contributed by atoms with van der Waals surface area (Å²) in [4.78, 5) is 0. The summed E-state index contributed by atoms with van der Waals surface area (Å²) in [5, 5.41) is 5.36. The molecule has 0 bridgehead atoms. The molecule has 0 amide bonds. The molecular formula is C53H52Cl2Zr-2. The molecule has 8 aromatic rings. The second-order valence-electron chi connectivity index (χ2n) is 16.7. The van der Waals surface area contributed by atoms with Crippen molar-refractivity contribution < 1.29 is 18.9 Å². The summed E-state index contributed by atoms with van der Waals surface area (Å²) in [6, 6.07) is 60.6. The number of rotatable bonds is 4. The average Bonchev–Trinajstić information content (AvgIpc) is 3.88. The topological polar surface area (TPSA) is 0 Å². The van der Waals surface area contributed by atoms with Crippen molar-refractivity contribution in [1.29, 1.82) is 0 Å². The SMILES string of the molecule is CC(C)(C)c1cc2c(cc1-c1ccccc1)[cH-]c1cc(-c3ccccc3)c(C(C)(C)C)cc12.Cc1ccc([C](c2ccc(C)cc2)=[Zr]([Cl])[Cl])cc1.c1cc[cH-]c1. The van der Waals surface area contributed by atoms with Gasteiger partial charge in [0.25, 0.3) is 0 Å². The molecule has 0 aliphatic carbocycles. The van der Waals surface area contributed by atoms with Crippen LogP contribution in [0.3, 0.4) is 0 Å². The van der Waals surface area contributed by atoms with Gasteiger partial charge in [0.15, 0.2) is 0 Å². The monoisotopic (exact) mass is 848 g/mol. The Labute approximate surface area is 349 Å². The fourth-order valence-electron chi connectivity index (χ4n) is 7.21. The van der Waals surface area contributed by atoms with Crippen molar-refractivity contribution in [2.75, 3.05) is 0 Å². The van der Waals surface area contributed by atoms with Gasteiger partial charge in [-0.3, -0.25) is 0 Å². The number of hydrogen-bond acceptors (Lipinski definition) is 0. The molecule has 3 heteroatoms. The zero-order valence-electron chi connectivity index (χ0n) is 33.9. The first-order valence-electron chi connectivity index (χ1n) is 19.4. The van der Waals surface area contributed by atoms with E-state index in [0.717, 1.165) is 14.3 Å². The van der Waals surface area contributed by atoms with E-state index in [9.17, 15) is 0 Å². The van der Waals surface area contributed by atoms with Crippen LogP contribution in [0.15, 0.2) is 170 Å². The second kappa shape index (κ2) is 18.0. The van der Waals surface area contributed by atoms with Crippen molar-refractivity contribution in [3.05, 3.63) is 203 Å². The summed E-state index contributed by atoms with van der Waals surface area (Å²) in [7, 11) is 12.6. The minimum absolute atomic E-state index is 0.0554. The van der Waals surface area contributed by atoms with Gasteiger partial charge in [0.05, 0.1) is 0 Å². The van der Waals surface area contributed by atoms with E-state index in [0.29, 0.717) is 0 Å². The molecular weight excluding hydrogens is 799 g/mol. The van der Waals surface area contributed by atoms with Crippen LogP contribution < -0.4 is 0 Å². The van der Waals surface area contributed by atoms with Crippen LogP contribution in [0.1, 0.15) is 74.9 Å². The van der Waals surface area contributed by atoms with Gasteiger partial charge in [-0.1, -0.05) is 114 Å². The van der Waals surface area contributed by atoms with Gasteiger partial charge in [-0.05, 0) is 44.2 Å². The molecule has 0 aromatic heterocycles. The molecule has 284 valence electrons. The van der Waals surface area contributed by atoms with Crippen LogP contribution in [0, 0.1) is 13.8 Å². The Kier molecular flexibility index (Phi) is 13.3. The normalized spacial score (nSPS) is 11.4. The van der Waals surface area contributed by atoms with Crippen molar-refractivity contribution >= 4 is 41.8 Å². The summed E-state index contributed by atoms with van der Waals surface area (Å²) in [5.41, 5.74) is 13.0. The Morgan fingerprint density at radius 3 is 1.16 bits per heavy atom. The Morgan fingerprint density at radius 2 is 0.857 bits per heavy atom. The van der Waals surface area contributed by atoms with Crippen LogP contribution in [-0.4, -0.2) is 3.21 Å². The van der Waals surface area contributed by atoms with E-state index < -0.39 is 18.9 Å². The third kappa shape index (κ3) is 10.0. The third-order valence-electron chi connectivity index (χ3n) is 10.2. The fraction of sp³-hybridized carbons (Fsp3) is 0.189. The van der Waals surface area contributed by atoms with Crippen LogP contribution in [0.4, 0.5) is 0 Å². The molecule has 0 heterocycles. The smallest absolute Gasteiger partial charge is 0.172 e. The maximum Gasteiger partial charge on any atom is -0.172 e. The molecule has 0 unspecified atom stereocenters. The average molecular weight is 851 g/mol. The van der Waals surface area contributed by atoms with E-state index in [-0.39, 0.29) is 10.8 Å². The van der Waals surface area contributed by atoms with Crippen LogP contribution >= 0.6 is 17.0 Å². The molecule has 8 aromatic carbocycles. The molecule has 8 rings (SSSR count). The Morgan fingerprint density at radius 1 is 0.482 bits per heavy atom. The van der Waals surface area contributed by atoms with E-state index in [4.69, 9.17) is 17.0 Å². The predicted molar refractivity (Wildman–Crippen MR) is 245 cm³/mol. The van der Waals surface area contributed by atoms with Crippen molar-refractivity contribution in [2.24, 2.45) is 0 Å². The molecule has 0 radical (unpaired) electrons. The van der Waals surface area contributed by atoms with E-state index in [1.165, 1.54) is 66.1 Å². The van der Waals surface area contributed by atoms with Crippen molar-refractivity contribution in [3.63, 3.8) is 0 Å². The largest absolute Gasteiger partial charge is 0.214 e. The number of halogens is 2. The number of benzene rings is 6. The molecule has 0 atom stereocenters. The zero-order chi connectivity index (χ0) is 40.0. The first-order chi connectivity index (χ1) is 26.7. The minimum atomic E-state index is -2.48. The number of fused-ring (bicyclic) bond motifs is 3. The molecule has 0 N–H and O–H groups in total. The quantitative estimate of drug-likeness (QED) is 0.155. The van der Waals surface area contributed by atoms with E-state index >= 15 is 0 Å². The summed E-state index contributed by atoms with van der Waals surface area (Å²) in [6.07, 6.45) is 0. The van der Waals surface area contributed by atoms with Crippen molar-refractivity contribution in [1.82, 2.24) is 0 Å². The summed E-state index contributed by atoms with van der Waals surface area (Å²) in [6.45, 7) is 18.1. The van der Waals surface area contributed by atoms with E-state index in [1.54, 1.807) is 0 Å². The fourth-order valence-corrected chi connectivity index (χ4v) is 11.7. The summed E-state index contributed by atoms with van der Waals surface area (Å²) in [5.74, 6) is 0. The predicted octanol–water partition coefficient (Wildman–Crippen LogP) is 15.8. The minimum Gasteiger partial charge on any atom is -0.214 e. The van der Waals surface area contributed by atoms with Gasteiger partial charge in [0.1, 0.15) is 0 Å². The van der Waals surface area contributed by atoms with Crippen LogP contribution in [0.5, 0.6) is 0 Å². The maximum absolute atomic E-state index is 6.32. The van der Waals surface area contributed by atoms with Gasteiger partial charge < -0.3 is 0 Å². The Balaban J connectivity index is 0.000000192. The molecule has 0 aliphatic rings. The van der Waals surface area contributed by atoms with Crippen LogP contribution in [-0.2, 0) is 29.7 Å². The van der Waals surface area contributed by atoms with Gasteiger partial charge in [-0.15, -0.1) is 39.7 Å². The maximum atomic E-state index is 6.32. The molecule has 56 heavy (non-hydrogen) atoms. The summed E-state index contributed by atoms with van der Waals surface area (Å²) >= 11 is -2.48. The molecule has 0 nitrogen and oxygen atoms in total. The van der Waals surface area contributed by atoms with Crippen LogP contribution in [0.25, 0.3) is 43.8 Å². The number of aryl methyl sites for hydroxylation is 2. The van der Waals surface area contributed by atoms with Crippen LogP contribution in [0.2, 0.25) is 0 Å². The summed E-state index contributed by atoms with van der Waals surface area (Å²) < 4.78 is 1.15. The first kappa shape index (κ1) is 41.5. The van der Waals surface area contributed by atoms with Gasteiger partial charge in [0, 0.05) is 0 Å². The van der Waals surface area contributed by atoms with Gasteiger partial charge in [-0.25, -0.2) is 12.1 Å². The number of hydrogen-bond donors (Lipinski definition) is 0. The third-order valence-corrected chi connectivity index (χ3v) is 14.8. The second-order valence-corrected chi connectivity index (χ2v) is 24.8.